The van der Waals surface area contributed by atoms with E-state index in [1.54, 1.807) is 0 Å². The number of likely N-dealkylation sites (tertiary alicyclic amines) is 1. The maximum atomic E-state index is 11.3. The number of rotatable bonds is 5. The average Bonchev–Trinajstić information content (AvgIpc) is 2.38. The van der Waals surface area contributed by atoms with Gasteiger partial charge in [-0.05, 0) is 25.2 Å². The Balaban J connectivity index is 2.57. The van der Waals surface area contributed by atoms with Gasteiger partial charge in [0.25, 0.3) is 0 Å². The monoisotopic (exact) mass is 269 g/mol. The van der Waals surface area contributed by atoms with Crippen LogP contribution in [-0.4, -0.2) is 55.0 Å². The van der Waals surface area contributed by atoms with Crippen LogP contribution < -0.4 is 5.32 Å². The van der Waals surface area contributed by atoms with Gasteiger partial charge in [-0.1, -0.05) is 6.92 Å². The van der Waals surface area contributed by atoms with E-state index in [0.717, 1.165) is 19.4 Å². The van der Waals surface area contributed by atoms with E-state index in [4.69, 9.17) is 5.26 Å². The predicted molar refractivity (Wildman–Crippen MR) is 70.4 cm³/mol. The van der Waals surface area contributed by atoms with Crippen molar-refractivity contribution in [2.75, 3.05) is 26.7 Å². The molecule has 3 unspecified atom stereocenters. The quantitative estimate of drug-likeness (QED) is 0.718. The van der Waals surface area contributed by atoms with Gasteiger partial charge in [0, 0.05) is 19.1 Å². The first-order valence-corrected chi connectivity index (χ1v) is 6.70. The molecule has 6 heteroatoms. The van der Waals surface area contributed by atoms with E-state index in [2.05, 4.69) is 16.1 Å². The van der Waals surface area contributed by atoms with Crippen molar-refractivity contribution in [1.29, 1.82) is 5.26 Å². The van der Waals surface area contributed by atoms with Gasteiger partial charge in [-0.3, -0.25) is 4.90 Å². The van der Waals surface area contributed by atoms with Crippen LogP contribution in [0.15, 0.2) is 0 Å². The van der Waals surface area contributed by atoms with Gasteiger partial charge in [0.05, 0.1) is 25.8 Å². The summed E-state index contributed by atoms with van der Waals surface area (Å²) in [5, 5.41) is 21.3. The van der Waals surface area contributed by atoms with Crippen molar-refractivity contribution < 1.29 is 14.6 Å². The first kappa shape index (κ1) is 15.7. The second-order valence-electron chi connectivity index (χ2n) is 5.08. The van der Waals surface area contributed by atoms with E-state index in [0.29, 0.717) is 25.4 Å². The van der Waals surface area contributed by atoms with Crippen molar-refractivity contribution in [2.24, 2.45) is 5.92 Å². The SMILES string of the molecule is CCC(O)CC1CC(NC(=O)OC)CN(CC#N)C1. The maximum Gasteiger partial charge on any atom is 0.407 e. The first-order valence-electron chi connectivity index (χ1n) is 6.70. The number of carbonyl (C=O) groups excluding carboxylic acids is 1. The van der Waals surface area contributed by atoms with Crippen LogP contribution >= 0.6 is 0 Å². The summed E-state index contributed by atoms with van der Waals surface area (Å²) in [6, 6.07) is 2.11. The molecule has 0 aromatic heterocycles. The molecule has 0 aromatic rings. The van der Waals surface area contributed by atoms with Gasteiger partial charge in [0.15, 0.2) is 0 Å². The summed E-state index contributed by atoms with van der Waals surface area (Å²) in [7, 11) is 1.34. The molecule has 3 atom stereocenters. The van der Waals surface area contributed by atoms with E-state index < -0.39 is 6.09 Å². The van der Waals surface area contributed by atoms with E-state index in [1.165, 1.54) is 7.11 Å². The van der Waals surface area contributed by atoms with Crippen molar-refractivity contribution in [3.63, 3.8) is 0 Å². The van der Waals surface area contributed by atoms with E-state index >= 15 is 0 Å². The number of hydrogen-bond acceptors (Lipinski definition) is 5. The van der Waals surface area contributed by atoms with Gasteiger partial charge in [-0.25, -0.2) is 4.79 Å². The molecule has 6 nitrogen and oxygen atoms in total. The number of hydrogen-bond donors (Lipinski definition) is 2. The number of piperidine rings is 1. The molecular formula is C13H23N3O3. The second-order valence-corrected chi connectivity index (χ2v) is 5.08. The number of aliphatic hydroxyl groups is 1. The second kappa shape index (κ2) is 7.97. The highest BCUT2D eigenvalue weighted by atomic mass is 16.5. The molecule has 2 N–H and O–H groups in total. The van der Waals surface area contributed by atoms with Crippen LogP contribution in [0, 0.1) is 17.2 Å². The van der Waals surface area contributed by atoms with Gasteiger partial charge in [-0.2, -0.15) is 5.26 Å². The van der Waals surface area contributed by atoms with Gasteiger partial charge in [0.2, 0.25) is 0 Å². The van der Waals surface area contributed by atoms with E-state index in [9.17, 15) is 9.90 Å². The highest BCUT2D eigenvalue weighted by molar-refractivity contribution is 5.67. The molecule has 1 aliphatic rings. The Morgan fingerprint density at radius 3 is 2.95 bits per heavy atom. The summed E-state index contributed by atoms with van der Waals surface area (Å²) < 4.78 is 4.60. The van der Waals surface area contributed by atoms with Crippen molar-refractivity contribution in [2.45, 2.75) is 38.3 Å². The predicted octanol–water partition coefficient (Wildman–Crippen LogP) is 0.717. The number of amides is 1. The third-order valence-corrected chi connectivity index (χ3v) is 3.49. The molecule has 0 spiro atoms. The molecule has 0 saturated carbocycles. The van der Waals surface area contributed by atoms with E-state index in [1.807, 2.05) is 11.8 Å². The lowest BCUT2D eigenvalue weighted by atomic mass is 9.89. The molecular weight excluding hydrogens is 246 g/mol. The molecule has 1 amide bonds. The molecule has 1 fully saturated rings. The lowest BCUT2D eigenvalue weighted by molar-refractivity contribution is 0.0871. The third kappa shape index (κ3) is 5.45. The summed E-state index contributed by atoms with van der Waals surface area (Å²) >= 11 is 0. The largest absolute Gasteiger partial charge is 0.453 e. The van der Waals surface area contributed by atoms with Gasteiger partial charge in [-0.15, -0.1) is 0 Å². The Kier molecular flexibility index (Phi) is 6.60. The topological polar surface area (TPSA) is 85.6 Å². The van der Waals surface area contributed by atoms with Crippen LogP contribution in [0.2, 0.25) is 0 Å². The van der Waals surface area contributed by atoms with Crippen molar-refractivity contribution in [3.8, 4) is 6.07 Å². The van der Waals surface area contributed by atoms with Crippen molar-refractivity contribution >= 4 is 6.09 Å². The Bertz CT molecular complexity index is 330. The normalized spacial score (nSPS) is 25.4. The summed E-state index contributed by atoms with van der Waals surface area (Å²) in [4.78, 5) is 13.3. The fraction of sp³-hybridized carbons (Fsp3) is 0.846. The van der Waals surface area contributed by atoms with Crippen LogP contribution in [0.25, 0.3) is 0 Å². The molecule has 19 heavy (non-hydrogen) atoms. The van der Waals surface area contributed by atoms with Gasteiger partial charge in [0.1, 0.15) is 0 Å². The average molecular weight is 269 g/mol. The zero-order valence-corrected chi connectivity index (χ0v) is 11.6. The highest BCUT2D eigenvalue weighted by Crippen LogP contribution is 2.22. The highest BCUT2D eigenvalue weighted by Gasteiger charge is 2.29. The molecule has 0 bridgehead atoms. The number of methoxy groups -OCH3 is 1. The molecule has 1 rings (SSSR count). The number of nitrogens with zero attached hydrogens (tertiary/aromatic N) is 2. The summed E-state index contributed by atoms with van der Waals surface area (Å²) in [6.07, 6.45) is 1.49. The Morgan fingerprint density at radius 1 is 1.63 bits per heavy atom. The zero-order valence-electron chi connectivity index (χ0n) is 11.6. The summed E-state index contributed by atoms with van der Waals surface area (Å²) in [5.74, 6) is 0.291. The molecule has 0 radical (unpaired) electrons. The minimum atomic E-state index is -0.446. The van der Waals surface area contributed by atoms with Crippen LogP contribution in [0.3, 0.4) is 0 Å². The lowest BCUT2D eigenvalue weighted by Crippen LogP contribution is -2.51. The zero-order chi connectivity index (χ0) is 14.3. The molecule has 0 aromatic carbocycles. The summed E-state index contributed by atoms with van der Waals surface area (Å²) in [6.45, 7) is 3.74. The smallest absolute Gasteiger partial charge is 0.407 e. The summed E-state index contributed by atoms with van der Waals surface area (Å²) in [5.41, 5.74) is 0. The van der Waals surface area contributed by atoms with Gasteiger partial charge >= 0.3 is 6.09 Å². The number of nitrogens with one attached hydrogen (secondary N) is 1. The number of nitriles is 1. The molecule has 108 valence electrons. The standard InChI is InChI=1S/C13H23N3O3/c1-3-12(17)7-10-6-11(15-13(18)19-2)9-16(8-10)5-4-14/h10-12,17H,3,5-9H2,1-2H3,(H,15,18). The van der Waals surface area contributed by atoms with Crippen LogP contribution in [-0.2, 0) is 4.74 Å². The number of aliphatic hydroxyl groups excluding tert-OH is 1. The first-order chi connectivity index (χ1) is 9.08. The van der Waals surface area contributed by atoms with Crippen LogP contribution in [0.1, 0.15) is 26.2 Å². The van der Waals surface area contributed by atoms with Crippen molar-refractivity contribution in [1.82, 2.24) is 10.2 Å². The maximum absolute atomic E-state index is 11.3. The molecule has 1 heterocycles. The van der Waals surface area contributed by atoms with Crippen LogP contribution in [0.4, 0.5) is 4.79 Å². The molecule has 0 aliphatic carbocycles. The van der Waals surface area contributed by atoms with Gasteiger partial charge < -0.3 is 15.2 Å². The number of carbonyl (C=O) groups is 1. The minimum Gasteiger partial charge on any atom is -0.453 e. The number of alkyl carbamates (subject to hydrolysis) is 1. The third-order valence-electron chi connectivity index (χ3n) is 3.49. The Labute approximate surface area is 114 Å². The molecule has 1 aliphatic heterocycles. The molecule has 1 saturated heterocycles. The number of ether oxygens (including phenoxy) is 1. The van der Waals surface area contributed by atoms with E-state index in [-0.39, 0.29) is 12.1 Å². The fourth-order valence-electron chi connectivity index (χ4n) is 2.58. The Morgan fingerprint density at radius 2 is 2.37 bits per heavy atom. The fourth-order valence-corrected chi connectivity index (χ4v) is 2.58. The Hall–Kier alpha value is -1.32. The van der Waals surface area contributed by atoms with Crippen LogP contribution in [0.5, 0.6) is 0 Å². The lowest BCUT2D eigenvalue weighted by Gasteiger charge is -2.37. The van der Waals surface area contributed by atoms with Crippen molar-refractivity contribution in [3.05, 3.63) is 0 Å². The minimum absolute atomic E-state index is 0.0244.